The lowest BCUT2D eigenvalue weighted by atomic mass is 9.84. The summed E-state index contributed by atoms with van der Waals surface area (Å²) in [4.78, 5) is 5.18. The van der Waals surface area contributed by atoms with E-state index in [1.54, 1.807) is 0 Å². The SMILES string of the molecule is C[C@H]1CN(CCN)CCN1CC1CCC1. The Morgan fingerprint density at radius 2 is 2.07 bits per heavy atom. The molecule has 0 unspecified atom stereocenters. The third-order valence-corrected chi connectivity index (χ3v) is 4.01. The molecule has 1 saturated carbocycles. The zero-order valence-corrected chi connectivity index (χ0v) is 9.99. The number of piperazine rings is 1. The van der Waals surface area contributed by atoms with Crippen molar-refractivity contribution >= 4 is 0 Å². The van der Waals surface area contributed by atoms with Crippen LogP contribution in [0.3, 0.4) is 0 Å². The Balaban J connectivity index is 1.73. The number of hydrogen-bond acceptors (Lipinski definition) is 3. The predicted octanol–water partition coefficient (Wildman–Crippen LogP) is 0.751. The van der Waals surface area contributed by atoms with Gasteiger partial charge in [-0.25, -0.2) is 0 Å². The Morgan fingerprint density at radius 3 is 2.60 bits per heavy atom. The molecular weight excluding hydrogens is 186 g/mol. The third kappa shape index (κ3) is 2.92. The highest BCUT2D eigenvalue weighted by atomic mass is 15.3. The highest BCUT2D eigenvalue weighted by Gasteiger charge is 2.27. The molecule has 2 fully saturated rings. The molecule has 0 bridgehead atoms. The summed E-state index contributed by atoms with van der Waals surface area (Å²) >= 11 is 0. The van der Waals surface area contributed by atoms with Gasteiger partial charge >= 0.3 is 0 Å². The van der Waals surface area contributed by atoms with Crippen molar-refractivity contribution in [1.82, 2.24) is 9.80 Å². The van der Waals surface area contributed by atoms with Crippen LogP contribution in [0, 0.1) is 5.92 Å². The second kappa shape index (κ2) is 5.28. The van der Waals surface area contributed by atoms with Gasteiger partial charge in [0.25, 0.3) is 0 Å². The smallest absolute Gasteiger partial charge is 0.0195 e. The molecule has 88 valence electrons. The van der Waals surface area contributed by atoms with E-state index in [1.807, 2.05) is 0 Å². The number of rotatable bonds is 4. The summed E-state index contributed by atoms with van der Waals surface area (Å²) in [5, 5.41) is 0. The number of hydrogen-bond donors (Lipinski definition) is 1. The molecule has 2 N–H and O–H groups in total. The molecule has 3 nitrogen and oxygen atoms in total. The molecule has 1 aliphatic heterocycles. The van der Waals surface area contributed by atoms with Gasteiger partial charge in [0.1, 0.15) is 0 Å². The summed E-state index contributed by atoms with van der Waals surface area (Å²) < 4.78 is 0. The first kappa shape index (κ1) is 11.4. The first-order valence-corrected chi connectivity index (χ1v) is 6.46. The fourth-order valence-electron chi connectivity index (χ4n) is 2.73. The van der Waals surface area contributed by atoms with Crippen molar-refractivity contribution in [2.24, 2.45) is 11.7 Å². The minimum atomic E-state index is 0.728. The zero-order chi connectivity index (χ0) is 10.7. The number of nitrogens with zero attached hydrogens (tertiary/aromatic N) is 2. The molecule has 0 spiro atoms. The van der Waals surface area contributed by atoms with Crippen molar-refractivity contribution < 1.29 is 0 Å². The van der Waals surface area contributed by atoms with Gasteiger partial charge in [0.05, 0.1) is 0 Å². The van der Waals surface area contributed by atoms with Gasteiger partial charge in [0.2, 0.25) is 0 Å². The third-order valence-electron chi connectivity index (χ3n) is 4.01. The Morgan fingerprint density at radius 1 is 1.27 bits per heavy atom. The highest BCUT2D eigenvalue weighted by Crippen LogP contribution is 2.28. The normalized spacial score (nSPS) is 30.4. The quantitative estimate of drug-likeness (QED) is 0.745. The van der Waals surface area contributed by atoms with Crippen LogP contribution >= 0.6 is 0 Å². The van der Waals surface area contributed by atoms with Crippen molar-refractivity contribution in [2.45, 2.75) is 32.2 Å². The van der Waals surface area contributed by atoms with Gasteiger partial charge in [-0.15, -0.1) is 0 Å². The van der Waals surface area contributed by atoms with Gasteiger partial charge in [-0.2, -0.15) is 0 Å². The van der Waals surface area contributed by atoms with Crippen molar-refractivity contribution in [3.63, 3.8) is 0 Å². The fraction of sp³-hybridized carbons (Fsp3) is 1.00. The summed E-state index contributed by atoms with van der Waals surface area (Å²) in [7, 11) is 0. The minimum absolute atomic E-state index is 0.728. The van der Waals surface area contributed by atoms with Crippen molar-refractivity contribution in [2.75, 3.05) is 39.3 Å². The molecule has 1 heterocycles. The topological polar surface area (TPSA) is 32.5 Å². The minimum Gasteiger partial charge on any atom is -0.329 e. The van der Waals surface area contributed by atoms with E-state index in [4.69, 9.17) is 5.73 Å². The van der Waals surface area contributed by atoms with Crippen LogP contribution in [-0.2, 0) is 0 Å². The van der Waals surface area contributed by atoms with Crippen LogP contribution in [0.4, 0.5) is 0 Å². The summed E-state index contributed by atoms with van der Waals surface area (Å²) in [6, 6.07) is 0.728. The largest absolute Gasteiger partial charge is 0.329 e. The number of nitrogens with two attached hydrogens (primary N) is 1. The van der Waals surface area contributed by atoms with E-state index in [0.717, 1.165) is 25.0 Å². The maximum absolute atomic E-state index is 5.60. The molecule has 1 aliphatic carbocycles. The maximum atomic E-state index is 5.60. The monoisotopic (exact) mass is 211 g/mol. The van der Waals surface area contributed by atoms with Crippen LogP contribution in [0.2, 0.25) is 0 Å². The van der Waals surface area contributed by atoms with E-state index in [-0.39, 0.29) is 0 Å². The molecule has 0 aromatic rings. The van der Waals surface area contributed by atoms with E-state index in [1.165, 1.54) is 45.4 Å². The molecule has 0 radical (unpaired) electrons. The molecule has 0 aromatic carbocycles. The van der Waals surface area contributed by atoms with Gasteiger partial charge in [-0.05, 0) is 25.7 Å². The van der Waals surface area contributed by atoms with E-state index in [0.29, 0.717) is 0 Å². The Bertz CT molecular complexity index is 191. The van der Waals surface area contributed by atoms with Gasteiger partial charge < -0.3 is 5.73 Å². The lowest BCUT2D eigenvalue weighted by Crippen LogP contribution is -2.54. The van der Waals surface area contributed by atoms with E-state index in [2.05, 4.69) is 16.7 Å². The van der Waals surface area contributed by atoms with Crippen LogP contribution in [0.25, 0.3) is 0 Å². The molecule has 1 saturated heterocycles. The van der Waals surface area contributed by atoms with Crippen molar-refractivity contribution in [3.8, 4) is 0 Å². The van der Waals surface area contributed by atoms with Crippen molar-refractivity contribution in [3.05, 3.63) is 0 Å². The van der Waals surface area contributed by atoms with Crippen LogP contribution < -0.4 is 5.73 Å². The highest BCUT2D eigenvalue weighted by molar-refractivity contribution is 4.82. The van der Waals surface area contributed by atoms with E-state index in [9.17, 15) is 0 Å². The average molecular weight is 211 g/mol. The second-order valence-electron chi connectivity index (χ2n) is 5.23. The standard InChI is InChI=1S/C12H25N3/c1-11-9-14(6-5-13)7-8-15(11)10-12-3-2-4-12/h11-12H,2-10,13H2,1H3/t11-/m0/s1. The van der Waals surface area contributed by atoms with Crippen LogP contribution in [-0.4, -0.2) is 55.1 Å². The second-order valence-corrected chi connectivity index (χ2v) is 5.23. The van der Waals surface area contributed by atoms with Gasteiger partial charge in [-0.1, -0.05) is 6.42 Å². The first-order chi connectivity index (χ1) is 7.29. The molecule has 15 heavy (non-hydrogen) atoms. The molecule has 2 rings (SSSR count). The maximum Gasteiger partial charge on any atom is 0.0195 e. The molecule has 0 aromatic heterocycles. The summed E-state index contributed by atoms with van der Waals surface area (Å²) in [5.41, 5.74) is 5.60. The Kier molecular flexibility index (Phi) is 4.00. The predicted molar refractivity (Wildman–Crippen MR) is 63.9 cm³/mol. The Hall–Kier alpha value is -0.120. The van der Waals surface area contributed by atoms with Crippen molar-refractivity contribution in [1.29, 1.82) is 0 Å². The molecule has 2 aliphatic rings. The molecule has 1 atom stereocenters. The van der Waals surface area contributed by atoms with Gasteiger partial charge in [0, 0.05) is 45.3 Å². The lowest BCUT2D eigenvalue weighted by Gasteiger charge is -2.42. The Labute approximate surface area is 93.6 Å². The molecule has 0 amide bonds. The van der Waals surface area contributed by atoms with Gasteiger partial charge in [-0.3, -0.25) is 9.80 Å². The van der Waals surface area contributed by atoms with Crippen LogP contribution in [0.15, 0.2) is 0 Å². The van der Waals surface area contributed by atoms with E-state index < -0.39 is 0 Å². The molecule has 3 heteroatoms. The van der Waals surface area contributed by atoms with Gasteiger partial charge in [0.15, 0.2) is 0 Å². The summed E-state index contributed by atoms with van der Waals surface area (Å²) in [6.07, 6.45) is 4.40. The van der Waals surface area contributed by atoms with E-state index >= 15 is 0 Å². The average Bonchev–Trinajstić information content (AvgIpc) is 2.14. The fourth-order valence-corrected chi connectivity index (χ4v) is 2.73. The summed E-state index contributed by atoms with van der Waals surface area (Å²) in [6.45, 7) is 9.26. The zero-order valence-electron chi connectivity index (χ0n) is 9.99. The summed E-state index contributed by atoms with van der Waals surface area (Å²) in [5.74, 6) is 1.01. The lowest BCUT2D eigenvalue weighted by molar-refractivity contribution is 0.0593. The van der Waals surface area contributed by atoms with Crippen LogP contribution in [0.5, 0.6) is 0 Å². The van der Waals surface area contributed by atoms with Crippen LogP contribution in [0.1, 0.15) is 26.2 Å². The first-order valence-electron chi connectivity index (χ1n) is 6.46. The molecular formula is C12H25N3.